The quantitative estimate of drug-likeness (QED) is 0.920. The zero-order valence-corrected chi connectivity index (χ0v) is 11.9. The topological polar surface area (TPSA) is 32.3 Å². The van der Waals surface area contributed by atoms with E-state index in [1.54, 1.807) is 0 Å². The molecule has 1 aromatic carbocycles. The number of halogens is 1. The lowest BCUT2D eigenvalue weighted by molar-refractivity contribution is -0.133. The summed E-state index contributed by atoms with van der Waals surface area (Å²) in [6.07, 6.45) is 2.00. The Morgan fingerprint density at radius 3 is 2.89 bits per heavy atom. The molecule has 0 aromatic heterocycles. The maximum absolute atomic E-state index is 12.4. The smallest absolute Gasteiger partial charge is 0.226 e. The van der Waals surface area contributed by atoms with Crippen LogP contribution in [0.2, 0.25) is 5.02 Å². The average molecular weight is 279 g/mol. The molecule has 1 amide bonds. The van der Waals surface area contributed by atoms with Crippen molar-refractivity contribution in [1.82, 2.24) is 10.2 Å². The summed E-state index contributed by atoms with van der Waals surface area (Å²) in [5.74, 6) is 0.724. The van der Waals surface area contributed by atoms with Crippen LogP contribution in [0.5, 0.6) is 0 Å². The lowest BCUT2D eigenvalue weighted by Crippen LogP contribution is -2.39. The van der Waals surface area contributed by atoms with E-state index in [2.05, 4.69) is 5.32 Å². The van der Waals surface area contributed by atoms with Crippen molar-refractivity contribution in [2.75, 3.05) is 20.1 Å². The fourth-order valence-corrected chi connectivity index (χ4v) is 3.27. The molecule has 1 heterocycles. The van der Waals surface area contributed by atoms with Crippen LogP contribution in [0.25, 0.3) is 0 Å². The third-order valence-corrected chi connectivity index (χ3v) is 4.69. The highest BCUT2D eigenvalue weighted by Crippen LogP contribution is 2.50. The largest absolute Gasteiger partial charge is 0.341 e. The van der Waals surface area contributed by atoms with Gasteiger partial charge >= 0.3 is 0 Å². The molecule has 1 aliphatic carbocycles. The SMILES string of the molecule is CN(C(=O)C1CC1c1ccccc1Cl)C1CCNC1. The summed E-state index contributed by atoms with van der Waals surface area (Å²) >= 11 is 6.20. The van der Waals surface area contributed by atoms with Gasteiger partial charge in [-0.1, -0.05) is 29.8 Å². The second kappa shape index (κ2) is 5.14. The van der Waals surface area contributed by atoms with E-state index < -0.39 is 0 Å². The maximum atomic E-state index is 12.4. The molecular weight excluding hydrogens is 260 g/mol. The first-order valence-electron chi connectivity index (χ1n) is 6.90. The molecule has 0 bridgehead atoms. The molecule has 3 rings (SSSR count). The summed E-state index contributed by atoms with van der Waals surface area (Å²) in [7, 11) is 1.93. The van der Waals surface area contributed by atoms with Gasteiger partial charge in [-0.2, -0.15) is 0 Å². The Balaban J connectivity index is 1.66. The van der Waals surface area contributed by atoms with Crippen LogP contribution in [-0.2, 0) is 4.79 Å². The Labute approximate surface area is 118 Å². The summed E-state index contributed by atoms with van der Waals surface area (Å²) in [4.78, 5) is 14.4. The van der Waals surface area contributed by atoms with Crippen molar-refractivity contribution in [3.8, 4) is 0 Å². The van der Waals surface area contributed by atoms with Crippen molar-refractivity contribution in [3.05, 3.63) is 34.9 Å². The van der Waals surface area contributed by atoms with Gasteiger partial charge in [-0.3, -0.25) is 4.79 Å². The zero-order chi connectivity index (χ0) is 13.4. The molecular formula is C15H19ClN2O. The number of amides is 1. The highest BCUT2D eigenvalue weighted by Gasteiger charge is 2.46. The van der Waals surface area contributed by atoms with Crippen LogP contribution in [0.3, 0.4) is 0 Å². The van der Waals surface area contributed by atoms with Gasteiger partial charge in [0.25, 0.3) is 0 Å². The van der Waals surface area contributed by atoms with E-state index in [0.29, 0.717) is 12.0 Å². The third-order valence-electron chi connectivity index (χ3n) is 4.34. The van der Waals surface area contributed by atoms with E-state index in [4.69, 9.17) is 11.6 Å². The van der Waals surface area contributed by atoms with Gasteiger partial charge in [0.05, 0.1) is 0 Å². The van der Waals surface area contributed by atoms with Crippen molar-refractivity contribution in [2.24, 2.45) is 5.92 Å². The zero-order valence-electron chi connectivity index (χ0n) is 11.1. The van der Waals surface area contributed by atoms with Crippen LogP contribution < -0.4 is 5.32 Å². The minimum Gasteiger partial charge on any atom is -0.341 e. The molecule has 2 fully saturated rings. The molecule has 0 radical (unpaired) electrons. The van der Waals surface area contributed by atoms with Gasteiger partial charge in [0, 0.05) is 30.6 Å². The van der Waals surface area contributed by atoms with Gasteiger partial charge < -0.3 is 10.2 Å². The Hall–Kier alpha value is -1.06. The second-order valence-electron chi connectivity index (χ2n) is 5.57. The van der Waals surface area contributed by atoms with Gasteiger partial charge in [0.2, 0.25) is 5.91 Å². The Bertz CT molecular complexity index is 485. The van der Waals surface area contributed by atoms with E-state index >= 15 is 0 Å². The van der Waals surface area contributed by atoms with Crippen LogP contribution in [0.1, 0.15) is 24.3 Å². The van der Waals surface area contributed by atoms with Crippen LogP contribution in [0.4, 0.5) is 0 Å². The van der Waals surface area contributed by atoms with E-state index in [-0.39, 0.29) is 11.8 Å². The van der Waals surface area contributed by atoms with E-state index in [1.165, 1.54) is 0 Å². The fourth-order valence-electron chi connectivity index (χ4n) is 3.00. The summed E-state index contributed by atoms with van der Waals surface area (Å²) < 4.78 is 0. The van der Waals surface area contributed by atoms with Gasteiger partial charge in [-0.05, 0) is 36.9 Å². The predicted molar refractivity (Wildman–Crippen MR) is 76.3 cm³/mol. The van der Waals surface area contributed by atoms with Crippen LogP contribution in [0.15, 0.2) is 24.3 Å². The predicted octanol–water partition coefficient (Wildman–Crippen LogP) is 2.26. The summed E-state index contributed by atoms with van der Waals surface area (Å²) in [6, 6.07) is 8.23. The van der Waals surface area contributed by atoms with Crippen LogP contribution in [-0.4, -0.2) is 37.0 Å². The van der Waals surface area contributed by atoms with Crippen molar-refractivity contribution in [2.45, 2.75) is 24.8 Å². The number of carbonyl (C=O) groups excluding carboxylic acids is 1. The average Bonchev–Trinajstić information content (AvgIpc) is 3.01. The molecule has 3 unspecified atom stereocenters. The first-order valence-corrected chi connectivity index (χ1v) is 7.28. The minimum absolute atomic E-state index is 0.130. The van der Waals surface area contributed by atoms with Gasteiger partial charge in [0.1, 0.15) is 0 Å². The van der Waals surface area contributed by atoms with Crippen molar-refractivity contribution in [1.29, 1.82) is 0 Å². The van der Waals surface area contributed by atoms with Crippen molar-refractivity contribution >= 4 is 17.5 Å². The second-order valence-corrected chi connectivity index (χ2v) is 5.97. The third kappa shape index (κ3) is 2.49. The molecule has 1 saturated carbocycles. The molecule has 19 heavy (non-hydrogen) atoms. The molecule has 3 nitrogen and oxygen atoms in total. The van der Waals surface area contributed by atoms with Crippen molar-refractivity contribution in [3.63, 3.8) is 0 Å². The molecule has 3 atom stereocenters. The molecule has 1 aromatic rings. The maximum Gasteiger partial charge on any atom is 0.226 e. The number of hydrogen-bond donors (Lipinski definition) is 1. The fraction of sp³-hybridized carbons (Fsp3) is 0.533. The minimum atomic E-state index is 0.130. The molecule has 1 N–H and O–H groups in total. The monoisotopic (exact) mass is 278 g/mol. The number of hydrogen-bond acceptors (Lipinski definition) is 2. The lowest BCUT2D eigenvalue weighted by atomic mass is 10.1. The standard InChI is InChI=1S/C15H19ClN2O/c1-18(10-6-7-17-9-10)15(19)13-8-12(13)11-4-2-3-5-14(11)16/h2-5,10,12-13,17H,6-9H2,1H3. The molecule has 2 aliphatic rings. The van der Waals surface area contributed by atoms with Crippen LogP contribution >= 0.6 is 11.6 Å². The number of carbonyl (C=O) groups is 1. The lowest BCUT2D eigenvalue weighted by Gasteiger charge is -2.24. The summed E-state index contributed by atoms with van der Waals surface area (Å²) in [6.45, 7) is 1.94. The summed E-state index contributed by atoms with van der Waals surface area (Å²) in [5.41, 5.74) is 1.13. The Kier molecular flexibility index (Phi) is 3.50. The normalized spacial score (nSPS) is 29.3. The van der Waals surface area contributed by atoms with Gasteiger partial charge in [-0.15, -0.1) is 0 Å². The van der Waals surface area contributed by atoms with E-state index in [1.807, 2.05) is 36.2 Å². The molecule has 102 valence electrons. The molecule has 0 spiro atoms. The molecule has 1 aliphatic heterocycles. The summed E-state index contributed by atoms with van der Waals surface area (Å²) in [5, 5.41) is 4.09. The number of nitrogens with zero attached hydrogens (tertiary/aromatic N) is 1. The van der Waals surface area contributed by atoms with Crippen LogP contribution in [0, 0.1) is 5.92 Å². The molecule has 4 heteroatoms. The Morgan fingerprint density at radius 2 is 2.21 bits per heavy atom. The van der Waals surface area contributed by atoms with E-state index in [9.17, 15) is 4.79 Å². The number of nitrogens with one attached hydrogen (secondary N) is 1. The number of rotatable bonds is 3. The highest BCUT2D eigenvalue weighted by atomic mass is 35.5. The first-order chi connectivity index (χ1) is 9.18. The van der Waals surface area contributed by atoms with Crippen molar-refractivity contribution < 1.29 is 4.79 Å². The number of benzene rings is 1. The Morgan fingerprint density at radius 1 is 1.42 bits per heavy atom. The highest BCUT2D eigenvalue weighted by molar-refractivity contribution is 6.31. The molecule has 1 saturated heterocycles. The van der Waals surface area contributed by atoms with E-state index in [0.717, 1.165) is 36.5 Å². The number of likely N-dealkylation sites (N-methyl/N-ethyl adjacent to an activating group) is 1. The van der Waals surface area contributed by atoms with Gasteiger partial charge in [-0.25, -0.2) is 0 Å². The van der Waals surface area contributed by atoms with Gasteiger partial charge in [0.15, 0.2) is 0 Å². The first kappa shape index (κ1) is 12.9.